The summed E-state index contributed by atoms with van der Waals surface area (Å²) in [6.45, 7) is 6.09. The van der Waals surface area contributed by atoms with Gasteiger partial charge in [-0.2, -0.15) is 0 Å². The van der Waals surface area contributed by atoms with Gasteiger partial charge in [0.1, 0.15) is 0 Å². The lowest BCUT2D eigenvalue weighted by molar-refractivity contribution is 0.705. The van der Waals surface area contributed by atoms with E-state index in [0.29, 0.717) is 11.6 Å². The molecule has 4 N–H and O–H groups in total. The molecule has 1 unspecified atom stereocenters. The molecule has 1 aromatic carbocycles. The maximum Gasteiger partial charge on any atom is 0.0874 e. The Hall–Kier alpha value is -2.55. The highest BCUT2D eigenvalue weighted by atomic mass is 14.9. The van der Waals surface area contributed by atoms with Crippen molar-refractivity contribution in [1.29, 1.82) is 5.41 Å². The second kappa shape index (κ2) is 5.09. The molecule has 21 heavy (non-hydrogen) atoms. The van der Waals surface area contributed by atoms with Crippen molar-refractivity contribution in [3.05, 3.63) is 77.2 Å². The van der Waals surface area contributed by atoms with Crippen LogP contribution in [0.5, 0.6) is 0 Å². The maximum atomic E-state index is 8.41. The van der Waals surface area contributed by atoms with E-state index in [1.165, 1.54) is 0 Å². The van der Waals surface area contributed by atoms with E-state index in [4.69, 9.17) is 11.1 Å². The number of nitrogens with two attached hydrogens (primary N) is 1. The molecule has 0 amide bonds. The molecule has 2 aliphatic rings. The Bertz CT molecular complexity index is 720. The molecule has 1 aliphatic heterocycles. The Labute approximate surface area is 125 Å². The number of fused-ring (bicyclic) bond motifs is 1. The van der Waals surface area contributed by atoms with E-state index in [1.807, 2.05) is 30.3 Å². The van der Waals surface area contributed by atoms with Crippen molar-refractivity contribution in [3.63, 3.8) is 0 Å². The number of hydrogen-bond donors (Lipinski definition) is 3. The molecule has 3 nitrogen and oxygen atoms in total. The minimum Gasteiger partial charge on any atom is -0.398 e. The summed E-state index contributed by atoms with van der Waals surface area (Å²) in [4.78, 5) is 0. The Kier molecular flexibility index (Phi) is 3.26. The van der Waals surface area contributed by atoms with Crippen molar-refractivity contribution in [1.82, 2.24) is 0 Å². The number of benzene rings is 1. The fraction of sp³-hybridized carbons (Fsp3) is 0.167. The molecule has 1 atom stereocenters. The highest BCUT2D eigenvalue weighted by Crippen LogP contribution is 2.35. The van der Waals surface area contributed by atoms with Gasteiger partial charge in [-0.05, 0) is 30.1 Å². The zero-order chi connectivity index (χ0) is 15.0. The quantitative estimate of drug-likeness (QED) is 0.771. The van der Waals surface area contributed by atoms with Crippen molar-refractivity contribution in [2.75, 3.05) is 5.32 Å². The van der Waals surface area contributed by atoms with Crippen LogP contribution < -0.4 is 11.1 Å². The molecule has 1 aromatic rings. The van der Waals surface area contributed by atoms with Gasteiger partial charge in [-0.1, -0.05) is 43.9 Å². The Morgan fingerprint density at radius 1 is 1.43 bits per heavy atom. The molecule has 0 spiro atoms. The number of nitrogens with one attached hydrogen (secondary N) is 2. The Morgan fingerprint density at radius 2 is 2.19 bits per heavy atom. The van der Waals surface area contributed by atoms with Gasteiger partial charge in [0.2, 0.25) is 0 Å². The molecule has 0 aromatic heterocycles. The summed E-state index contributed by atoms with van der Waals surface area (Å²) < 4.78 is 0. The molecule has 1 aliphatic carbocycles. The monoisotopic (exact) mass is 277 g/mol. The van der Waals surface area contributed by atoms with Gasteiger partial charge < -0.3 is 11.1 Å². The molecule has 106 valence electrons. The average Bonchev–Trinajstić information content (AvgIpc) is 2.81. The Morgan fingerprint density at radius 3 is 2.90 bits per heavy atom. The molecule has 0 radical (unpaired) electrons. The predicted octanol–water partition coefficient (Wildman–Crippen LogP) is 3.73. The SMILES string of the molecule is C=C/C(C1=C(N)C=CC(C)C1)=C1\Nc2ccccc2C1=N. The number of hydrogen-bond acceptors (Lipinski definition) is 3. The van der Waals surface area contributed by atoms with E-state index in [1.54, 1.807) is 6.08 Å². The Balaban J connectivity index is 2.11. The smallest absolute Gasteiger partial charge is 0.0874 e. The minimum absolute atomic E-state index is 0.445. The van der Waals surface area contributed by atoms with Crippen LogP contribution in [0.2, 0.25) is 0 Å². The maximum absolute atomic E-state index is 8.41. The van der Waals surface area contributed by atoms with Gasteiger partial charge in [0.25, 0.3) is 0 Å². The van der Waals surface area contributed by atoms with Crippen LogP contribution >= 0.6 is 0 Å². The number of rotatable bonds is 2. The lowest BCUT2D eigenvalue weighted by Gasteiger charge is -2.20. The van der Waals surface area contributed by atoms with E-state index in [0.717, 1.165) is 40.2 Å². The third kappa shape index (κ3) is 2.21. The lowest BCUT2D eigenvalue weighted by atomic mass is 9.87. The van der Waals surface area contributed by atoms with Crippen LogP contribution in [-0.2, 0) is 0 Å². The molecule has 0 fully saturated rings. The standard InChI is InChI=1S/C18H19N3/c1-3-12(14-10-11(2)8-9-15(14)19)18-17(20)13-6-4-5-7-16(13)21-18/h3-9,11,20-21H,1,10,19H2,2H3/b18-12+,20-17?. The number of para-hydroxylation sites is 1. The second-order valence-corrected chi connectivity index (χ2v) is 5.51. The zero-order valence-electron chi connectivity index (χ0n) is 12.1. The number of anilines is 1. The summed E-state index contributed by atoms with van der Waals surface area (Å²) in [7, 11) is 0. The normalized spacial score (nSPS) is 22.9. The third-order valence-electron chi connectivity index (χ3n) is 3.98. The number of allylic oxidation sites excluding steroid dienone is 6. The minimum atomic E-state index is 0.445. The van der Waals surface area contributed by atoms with Crippen LogP contribution in [0.1, 0.15) is 18.9 Å². The molecule has 3 heteroatoms. The van der Waals surface area contributed by atoms with Crippen LogP contribution in [0.4, 0.5) is 5.69 Å². The summed E-state index contributed by atoms with van der Waals surface area (Å²) in [6.07, 6.45) is 6.75. The van der Waals surface area contributed by atoms with Crippen LogP contribution in [-0.4, -0.2) is 5.71 Å². The van der Waals surface area contributed by atoms with Crippen LogP contribution in [0, 0.1) is 11.3 Å². The molecule has 0 bridgehead atoms. The van der Waals surface area contributed by atoms with E-state index in [9.17, 15) is 0 Å². The van der Waals surface area contributed by atoms with Crippen molar-refractivity contribution in [3.8, 4) is 0 Å². The molecule has 0 saturated carbocycles. The molecular formula is C18H19N3. The largest absolute Gasteiger partial charge is 0.398 e. The summed E-state index contributed by atoms with van der Waals surface area (Å²) in [6, 6.07) is 7.86. The first kappa shape index (κ1) is 13.4. The molecule has 3 rings (SSSR count). The van der Waals surface area contributed by atoms with Crippen LogP contribution in [0.25, 0.3) is 0 Å². The lowest BCUT2D eigenvalue weighted by Crippen LogP contribution is -2.13. The zero-order valence-corrected chi connectivity index (χ0v) is 12.1. The summed E-state index contributed by atoms with van der Waals surface area (Å²) in [5.41, 5.74) is 12.1. The van der Waals surface area contributed by atoms with Gasteiger partial charge >= 0.3 is 0 Å². The van der Waals surface area contributed by atoms with Gasteiger partial charge in [0.05, 0.1) is 11.4 Å². The molecular weight excluding hydrogens is 258 g/mol. The van der Waals surface area contributed by atoms with Crippen molar-refractivity contribution < 1.29 is 0 Å². The van der Waals surface area contributed by atoms with Gasteiger partial charge in [0, 0.05) is 22.5 Å². The van der Waals surface area contributed by atoms with E-state index in [-0.39, 0.29) is 0 Å². The van der Waals surface area contributed by atoms with Gasteiger partial charge in [0.15, 0.2) is 0 Å². The van der Waals surface area contributed by atoms with Gasteiger partial charge in [-0.25, -0.2) is 0 Å². The van der Waals surface area contributed by atoms with Crippen molar-refractivity contribution in [2.24, 2.45) is 11.7 Å². The van der Waals surface area contributed by atoms with Gasteiger partial charge in [-0.15, -0.1) is 0 Å². The predicted molar refractivity (Wildman–Crippen MR) is 88.3 cm³/mol. The first-order valence-electron chi connectivity index (χ1n) is 7.11. The second-order valence-electron chi connectivity index (χ2n) is 5.51. The van der Waals surface area contributed by atoms with E-state index in [2.05, 4.69) is 24.9 Å². The van der Waals surface area contributed by atoms with Crippen LogP contribution in [0.3, 0.4) is 0 Å². The third-order valence-corrected chi connectivity index (χ3v) is 3.98. The fourth-order valence-electron chi connectivity index (χ4n) is 2.86. The van der Waals surface area contributed by atoms with Crippen LogP contribution in [0.15, 0.2) is 71.6 Å². The summed E-state index contributed by atoms with van der Waals surface area (Å²) >= 11 is 0. The van der Waals surface area contributed by atoms with Gasteiger partial charge in [-0.3, -0.25) is 5.41 Å². The van der Waals surface area contributed by atoms with E-state index < -0.39 is 0 Å². The summed E-state index contributed by atoms with van der Waals surface area (Å²) in [5.74, 6) is 0.445. The molecule has 0 saturated heterocycles. The topological polar surface area (TPSA) is 61.9 Å². The van der Waals surface area contributed by atoms with E-state index >= 15 is 0 Å². The first-order valence-corrected chi connectivity index (χ1v) is 7.11. The summed E-state index contributed by atoms with van der Waals surface area (Å²) in [5, 5.41) is 11.7. The van der Waals surface area contributed by atoms with Crippen molar-refractivity contribution >= 4 is 11.4 Å². The molecule has 1 heterocycles. The highest BCUT2D eigenvalue weighted by molar-refractivity contribution is 6.20. The highest BCUT2D eigenvalue weighted by Gasteiger charge is 2.25. The fourth-order valence-corrected chi connectivity index (χ4v) is 2.86. The average molecular weight is 277 g/mol. The first-order chi connectivity index (χ1) is 10.1. The van der Waals surface area contributed by atoms with Crippen molar-refractivity contribution in [2.45, 2.75) is 13.3 Å².